The van der Waals surface area contributed by atoms with Gasteiger partial charge >= 0.3 is 0 Å². The number of nitrogens with zero attached hydrogens (tertiary/aromatic N) is 1. The first kappa shape index (κ1) is 17.8. The minimum atomic E-state index is -0.349. The number of H-pyrrole nitrogens is 1. The van der Waals surface area contributed by atoms with E-state index in [2.05, 4.69) is 15.5 Å². The van der Waals surface area contributed by atoms with Crippen LogP contribution in [0.5, 0.6) is 11.5 Å². The van der Waals surface area contributed by atoms with Crippen molar-refractivity contribution in [2.45, 2.75) is 6.92 Å². The molecular formula is C19H18ClN3O3. The summed E-state index contributed by atoms with van der Waals surface area (Å²) in [5.74, 6) is 0.522. The lowest BCUT2D eigenvalue weighted by Crippen LogP contribution is -2.13. The van der Waals surface area contributed by atoms with E-state index in [-0.39, 0.29) is 5.91 Å². The van der Waals surface area contributed by atoms with E-state index >= 15 is 0 Å². The molecule has 0 aliphatic carbocycles. The second-order valence-corrected chi connectivity index (χ2v) is 6.08. The van der Waals surface area contributed by atoms with Crippen LogP contribution >= 0.6 is 11.6 Å². The molecular weight excluding hydrogens is 354 g/mol. The van der Waals surface area contributed by atoms with Gasteiger partial charge in [0.05, 0.1) is 30.6 Å². The predicted octanol–water partition coefficient (Wildman–Crippen LogP) is 4.31. The Morgan fingerprint density at radius 1 is 1.08 bits per heavy atom. The van der Waals surface area contributed by atoms with Gasteiger partial charge in [0.25, 0.3) is 5.91 Å². The van der Waals surface area contributed by atoms with Crippen molar-refractivity contribution in [3.8, 4) is 22.8 Å². The van der Waals surface area contributed by atoms with Gasteiger partial charge in [-0.2, -0.15) is 5.10 Å². The van der Waals surface area contributed by atoms with E-state index in [0.717, 1.165) is 11.1 Å². The molecule has 0 fully saturated rings. The molecule has 3 aromatic rings. The van der Waals surface area contributed by atoms with Crippen LogP contribution in [0, 0.1) is 6.92 Å². The summed E-state index contributed by atoms with van der Waals surface area (Å²) in [7, 11) is 3.00. The molecule has 0 bridgehead atoms. The van der Waals surface area contributed by atoms with Crippen LogP contribution in [0.25, 0.3) is 11.3 Å². The Hall–Kier alpha value is -2.99. The molecule has 0 unspecified atom stereocenters. The Kier molecular flexibility index (Phi) is 5.14. The minimum Gasteiger partial charge on any atom is -0.495 e. The lowest BCUT2D eigenvalue weighted by atomic mass is 10.1. The number of benzene rings is 2. The van der Waals surface area contributed by atoms with Crippen molar-refractivity contribution in [1.82, 2.24) is 10.2 Å². The third-order valence-corrected chi connectivity index (χ3v) is 4.19. The van der Waals surface area contributed by atoms with Crippen molar-refractivity contribution in [1.29, 1.82) is 0 Å². The lowest BCUT2D eigenvalue weighted by molar-refractivity contribution is 0.102. The first-order valence-electron chi connectivity index (χ1n) is 7.87. The first-order chi connectivity index (χ1) is 12.5. The maximum atomic E-state index is 12.6. The van der Waals surface area contributed by atoms with Gasteiger partial charge in [-0.05, 0) is 13.0 Å². The summed E-state index contributed by atoms with van der Waals surface area (Å²) in [6, 6.07) is 12.8. The second kappa shape index (κ2) is 7.49. The largest absolute Gasteiger partial charge is 0.495 e. The molecule has 2 N–H and O–H groups in total. The van der Waals surface area contributed by atoms with E-state index in [1.807, 2.05) is 31.2 Å². The van der Waals surface area contributed by atoms with Crippen molar-refractivity contribution in [2.24, 2.45) is 0 Å². The molecule has 3 rings (SSSR count). The quantitative estimate of drug-likeness (QED) is 0.700. The number of anilines is 1. The number of halogens is 1. The first-order valence-corrected chi connectivity index (χ1v) is 8.25. The van der Waals surface area contributed by atoms with Crippen LogP contribution in [0.4, 0.5) is 5.69 Å². The Bertz CT molecular complexity index is 936. The molecule has 2 aromatic carbocycles. The molecule has 0 radical (unpaired) electrons. The van der Waals surface area contributed by atoms with Crippen molar-refractivity contribution < 1.29 is 14.3 Å². The number of carbonyl (C=O) groups is 1. The number of ether oxygens (including phenoxy) is 2. The smallest absolute Gasteiger partial charge is 0.273 e. The number of aromatic amines is 1. The Labute approximate surface area is 156 Å². The molecule has 134 valence electrons. The van der Waals surface area contributed by atoms with Crippen LogP contribution in [0.3, 0.4) is 0 Å². The van der Waals surface area contributed by atoms with E-state index in [0.29, 0.717) is 33.6 Å². The average molecular weight is 372 g/mol. The van der Waals surface area contributed by atoms with Gasteiger partial charge in [-0.25, -0.2) is 0 Å². The highest BCUT2D eigenvalue weighted by molar-refractivity contribution is 6.32. The average Bonchev–Trinajstić information content (AvgIpc) is 3.13. The fourth-order valence-electron chi connectivity index (χ4n) is 2.46. The molecule has 0 aliphatic heterocycles. The number of nitrogens with one attached hydrogen (secondary N) is 2. The third-order valence-electron chi connectivity index (χ3n) is 3.89. The summed E-state index contributed by atoms with van der Waals surface area (Å²) in [5.41, 5.74) is 3.56. The summed E-state index contributed by atoms with van der Waals surface area (Å²) in [4.78, 5) is 12.6. The van der Waals surface area contributed by atoms with Crippen molar-refractivity contribution in [2.75, 3.05) is 19.5 Å². The van der Waals surface area contributed by atoms with Gasteiger partial charge in [0.15, 0.2) is 0 Å². The molecule has 1 heterocycles. The zero-order valence-corrected chi connectivity index (χ0v) is 15.3. The zero-order chi connectivity index (χ0) is 18.7. The highest BCUT2D eigenvalue weighted by Gasteiger charge is 2.16. The number of rotatable bonds is 5. The standard InChI is InChI=1S/C19H18ClN3O3/c1-11-4-6-12(7-5-11)14-9-16(23-22-14)19(24)21-15-10-17(25-2)13(20)8-18(15)26-3/h4-10H,1-3H3,(H,21,24)(H,22,23). The van der Waals surface area contributed by atoms with Crippen LogP contribution in [0.15, 0.2) is 42.5 Å². The Morgan fingerprint density at radius 2 is 1.77 bits per heavy atom. The van der Waals surface area contributed by atoms with Crippen molar-refractivity contribution >= 4 is 23.2 Å². The maximum Gasteiger partial charge on any atom is 0.273 e. The molecule has 6 nitrogen and oxygen atoms in total. The van der Waals surface area contributed by atoms with E-state index in [9.17, 15) is 4.79 Å². The molecule has 1 amide bonds. The van der Waals surface area contributed by atoms with Crippen LogP contribution < -0.4 is 14.8 Å². The Balaban J connectivity index is 1.84. The fraction of sp³-hybridized carbons (Fsp3) is 0.158. The number of carbonyl (C=O) groups excluding carboxylic acids is 1. The minimum absolute atomic E-state index is 0.330. The second-order valence-electron chi connectivity index (χ2n) is 5.67. The summed E-state index contributed by atoms with van der Waals surface area (Å²) in [6.45, 7) is 2.01. The third kappa shape index (κ3) is 3.65. The lowest BCUT2D eigenvalue weighted by Gasteiger charge is -2.12. The number of amides is 1. The molecule has 0 spiro atoms. The van der Waals surface area contributed by atoms with Crippen LogP contribution in [-0.4, -0.2) is 30.3 Å². The molecule has 26 heavy (non-hydrogen) atoms. The Morgan fingerprint density at radius 3 is 2.42 bits per heavy atom. The number of hydrogen-bond donors (Lipinski definition) is 2. The normalized spacial score (nSPS) is 10.5. The van der Waals surface area contributed by atoms with Gasteiger partial charge in [-0.15, -0.1) is 0 Å². The molecule has 7 heteroatoms. The number of aromatic nitrogens is 2. The van der Waals surface area contributed by atoms with Crippen LogP contribution in [0.2, 0.25) is 5.02 Å². The predicted molar refractivity (Wildman–Crippen MR) is 101 cm³/mol. The SMILES string of the molecule is COc1cc(NC(=O)c2cc(-c3ccc(C)cc3)n[nH]2)c(OC)cc1Cl. The van der Waals surface area contributed by atoms with Gasteiger partial charge < -0.3 is 14.8 Å². The zero-order valence-electron chi connectivity index (χ0n) is 14.6. The van der Waals surface area contributed by atoms with E-state index in [4.69, 9.17) is 21.1 Å². The van der Waals surface area contributed by atoms with E-state index in [1.165, 1.54) is 14.2 Å². The summed E-state index contributed by atoms with van der Waals surface area (Å²) in [6.07, 6.45) is 0. The fourth-order valence-corrected chi connectivity index (χ4v) is 2.69. The number of methoxy groups -OCH3 is 2. The summed E-state index contributed by atoms with van der Waals surface area (Å²) < 4.78 is 10.5. The molecule has 0 saturated carbocycles. The topological polar surface area (TPSA) is 76.2 Å². The number of hydrogen-bond acceptors (Lipinski definition) is 4. The van der Waals surface area contributed by atoms with Gasteiger partial charge in [-0.3, -0.25) is 9.89 Å². The highest BCUT2D eigenvalue weighted by atomic mass is 35.5. The number of aryl methyl sites for hydroxylation is 1. The summed E-state index contributed by atoms with van der Waals surface area (Å²) in [5, 5.41) is 10.1. The van der Waals surface area contributed by atoms with Gasteiger partial charge in [0.1, 0.15) is 17.2 Å². The monoisotopic (exact) mass is 371 g/mol. The van der Waals surface area contributed by atoms with Gasteiger partial charge in [-0.1, -0.05) is 41.4 Å². The highest BCUT2D eigenvalue weighted by Crippen LogP contribution is 2.36. The van der Waals surface area contributed by atoms with Crippen LogP contribution in [-0.2, 0) is 0 Å². The summed E-state index contributed by atoms with van der Waals surface area (Å²) >= 11 is 6.08. The molecule has 0 aliphatic rings. The van der Waals surface area contributed by atoms with Crippen molar-refractivity contribution in [3.63, 3.8) is 0 Å². The molecule has 1 aromatic heterocycles. The van der Waals surface area contributed by atoms with Crippen LogP contribution in [0.1, 0.15) is 16.1 Å². The molecule has 0 atom stereocenters. The van der Waals surface area contributed by atoms with E-state index < -0.39 is 0 Å². The van der Waals surface area contributed by atoms with E-state index in [1.54, 1.807) is 18.2 Å². The van der Waals surface area contributed by atoms with Crippen molar-refractivity contribution in [3.05, 3.63) is 58.7 Å². The molecule has 0 saturated heterocycles. The maximum absolute atomic E-state index is 12.6. The van der Waals surface area contributed by atoms with Gasteiger partial charge in [0, 0.05) is 17.7 Å². The van der Waals surface area contributed by atoms with Gasteiger partial charge in [0.2, 0.25) is 0 Å².